The Bertz CT molecular complexity index is 1020. The first-order valence-corrected chi connectivity index (χ1v) is 11.0. The summed E-state index contributed by atoms with van der Waals surface area (Å²) in [7, 11) is 3.22. The molecule has 0 saturated heterocycles. The van der Waals surface area contributed by atoms with Crippen LogP contribution < -0.4 is 14.4 Å². The Labute approximate surface area is 194 Å². The number of thiazole rings is 1. The number of para-hydroxylation sites is 1. The van der Waals surface area contributed by atoms with Gasteiger partial charge in [0.05, 0.1) is 24.5 Å². The maximum absolute atomic E-state index is 13.6. The van der Waals surface area contributed by atoms with E-state index in [1.54, 1.807) is 31.3 Å². The van der Waals surface area contributed by atoms with E-state index in [-0.39, 0.29) is 18.3 Å². The number of methoxy groups -OCH3 is 2. The molecule has 3 aromatic rings. The summed E-state index contributed by atoms with van der Waals surface area (Å²) >= 11 is 1.52. The number of aryl methyl sites for hydroxylation is 1. The van der Waals surface area contributed by atoms with E-state index >= 15 is 0 Å². The largest absolute Gasteiger partial charge is 0.496 e. The molecule has 0 aliphatic carbocycles. The normalized spacial score (nSPS) is 10.8. The molecule has 0 N–H and O–H groups in total. The van der Waals surface area contributed by atoms with Crippen LogP contribution in [0.2, 0.25) is 0 Å². The van der Waals surface area contributed by atoms with Crippen LogP contribution in [0.15, 0.2) is 36.4 Å². The molecule has 6 nitrogen and oxygen atoms in total. The molecular weight excluding hydrogens is 434 g/mol. The van der Waals surface area contributed by atoms with Gasteiger partial charge in [0.15, 0.2) is 5.13 Å². The predicted octanol–water partition coefficient (Wildman–Crippen LogP) is 5.03. The summed E-state index contributed by atoms with van der Waals surface area (Å²) < 4.78 is 12.0. The van der Waals surface area contributed by atoms with Gasteiger partial charge < -0.3 is 14.4 Å². The van der Waals surface area contributed by atoms with E-state index in [0.29, 0.717) is 28.7 Å². The van der Waals surface area contributed by atoms with Gasteiger partial charge >= 0.3 is 0 Å². The van der Waals surface area contributed by atoms with E-state index in [1.807, 2.05) is 31.2 Å². The third kappa shape index (κ3) is 5.29. The zero-order valence-electron chi connectivity index (χ0n) is 18.7. The van der Waals surface area contributed by atoms with Gasteiger partial charge in [0.1, 0.15) is 17.0 Å². The highest BCUT2D eigenvalue weighted by atomic mass is 35.5. The van der Waals surface area contributed by atoms with Crippen LogP contribution in [-0.4, -0.2) is 56.2 Å². The molecule has 31 heavy (non-hydrogen) atoms. The van der Waals surface area contributed by atoms with Crippen molar-refractivity contribution in [2.24, 2.45) is 0 Å². The topological polar surface area (TPSA) is 54.9 Å². The lowest BCUT2D eigenvalue weighted by Crippen LogP contribution is -2.39. The van der Waals surface area contributed by atoms with Crippen LogP contribution >= 0.6 is 23.7 Å². The number of rotatable bonds is 9. The average Bonchev–Trinajstić information content (AvgIpc) is 3.22. The van der Waals surface area contributed by atoms with Gasteiger partial charge in [-0.15, -0.1) is 12.4 Å². The van der Waals surface area contributed by atoms with Gasteiger partial charge in [-0.1, -0.05) is 43.4 Å². The molecule has 8 heteroatoms. The van der Waals surface area contributed by atoms with E-state index in [0.717, 1.165) is 35.4 Å². The molecule has 2 aromatic carbocycles. The lowest BCUT2D eigenvalue weighted by Gasteiger charge is -2.25. The molecule has 0 aliphatic heterocycles. The SMILES string of the molecule is CCN(CC)CCN(C(=O)c1ccccc1OC)c1nc2c(OC)ccc(C)c2s1.Cl. The number of carbonyl (C=O) groups is 1. The predicted molar refractivity (Wildman–Crippen MR) is 131 cm³/mol. The first kappa shape index (κ1) is 24.9. The van der Waals surface area contributed by atoms with Gasteiger partial charge in [-0.05, 0) is 43.8 Å². The number of halogens is 1. The fraction of sp³-hybridized carbons (Fsp3) is 0.391. The second-order valence-electron chi connectivity index (χ2n) is 6.94. The lowest BCUT2D eigenvalue weighted by molar-refractivity contribution is 0.0981. The van der Waals surface area contributed by atoms with E-state index in [4.69, 9.17) is 14.5 Å². The molecule has 0 fully saturated rings. The summed E-state index contributed by atoms with van der Waals surface area (Å²) in [4.78, 5) is 22.5. The second-order valence-corrected chi connectivity index (χ2v) is 7.92. The van der Waals surface area contributed by atoms with Crippen LogP contribution in [-0.2, 0) is 0 Å². The summed E-state index contributed by atoms with van der Waals surface area (Å²) in [6.45, 7) is 9.47. The van der Waals surface area contributed by atoms with Gasteiger partial charge in [0.2, 0.25) is 0 Å². The van der Waals surface area contributed by atoms with Crippen LogP contribution in [0.5, 0.6) is 11.5 Å². The van der Waals surface area contributed by atoms with E-state index in [2.05, 4.69) is 18.7 Å². The Morgan fingerprint density at radius 2 is 1.68 bits per heavy atom. The number of hydrogen-bond donors (Lipinski definition) is 0. The van der Waals surface area contributed by atoms with Gasteiger partial charge in [0.25, 0.3) is 5.91 Å². The van der Waals surface area contributed by atoms with Gasteiger partial charge in [-0.25, -0.2) is 4.98 Å². The highest BCUT2D eigenvalue weighted by Crippen LogP contribution is 2.37. The molecule has 0 saturated carbocycles. The number of nitrogens with zero attached hydrogens (tertiary/aromatic N) is 3. The molecule has 3 rings (SSSR count). The fourth-order valence-electron chi connectivity index (χ4n) is 3.41. The van der Waals surface area contributed by atoms with E-state index in [9.17, 15) is 4.79 Å². The standard InChI is InChI=1S/C23H29N3O3S.ClH/c1-6-25(7-2)14-15-26(22(27)17-10-8-9-11-18(17)28-4)23-24-20-19(29-5)13-12-16(3)21(20)30-23;/h8-13H,6-7,14-15H2,1-5H3;1H. The zero-order valence-corrected chi connectivity index (χ0v) is 20.3. The number of ether oxygens (including phenoxy) is 2. The van der Waals surface area contributed by atoms with Gasteiger partial charge in [-0.3, -0.25) is 9.69 Å². The quantitative estimate of drug-likeness (QED) is 0.445. The maximum Gasteiger partial charge on any atom is 0.263 e. The number of anilines is 1. The first-order chi connectivity index (χ1) is 14.5. The van der Waals surface area contributed by atoms with Crippen molar-refractivity contribution in [3.05, 3.63) is 47.5 Å². The van der Waals surface area contributed by atoms with Crippen molar-refractivity contribution in [2.45, 2.75) is 20.8 Å². The summed E-state index contributed by atoms with van der Waals surface area (Å²) in [6.07, 6.45) is 0. The molecule has 1 aromatic heterocycles. The van der Waals surface area contributed by atoms with Crippen LogP contribution in [0.1, 0.15) is 29.8 Å². The molecule has 168 valence electrons. The first-order valence-electron chi connectivity index (χ1n) is 10.1. The summed E-state index contributed by atoms with van der Waals surface area (Å²) in [5.41, 5.74) is 2.43. The molecule has 0 unspecified atom stereocenters. The van der Waals surface area contributed by atoms with Crippen molar-refractivity contribution >= 4 is 45.0 Å². The highest BCUT2D eigenvalue weighted by molar-refractivity contribution is 7.22. The van der Waals surface area contributed by atoms with Crippen molar-refractivity contribution in [1.29, 1.82) is 0 Å². The molecule has 0 bridgehead atoms. The molecule has 0 spiro atoms. The van der Waals surface area contributed by atoms with Crippen molar-refractivity contribution in [1.82, 2.24) is 9.88 Å². The molecule has 0 aliphatic rings. The average molecular weight is 464 g/mol. The minimum Gasteiger partial charge on any atom is -0.496 e. The number of likely N-dealkylation sites (N-methyl/N-ethyl adjacent to an activating group) is 1. The Hall–Kier alpha value is -2.35. The van der Waals surface area contributed by atoms with Crippen molar-refractivity contribution in [3.63, 3.8) is 0 Å². The number of benzene rings is 2. The third-order valence-corrected chi connectivity index (χ3v) is 6.47. The number of carbonyl (C=O) groups excluding carboxylic acids is 1. The van der Waals surface area contributed by atoms with E-state index < -0.39 is 0 Å². The third-order valence-electron chi connectivity index (χ3n) is 5.26. The van der Waals surface area contributed by atoms with Crippen LogP contribution in [0.3, 0.4) is 0 Å². The number of hydrogen-bond acceptors (Lipinski definition) is 6. The van der Waals surface area contributed by atoms with Crippen LogP contribution in [0.25, 0.3) is 10.2 Å². The number of fused-ring (bicyclic) bond motifs is 1. The number of amides is 1. The van der Waals surface area contributed by atoms with Crippen LogP contribution in [0, 0.1) is 6.92 Å². The summed E-state index contributed by atoms with van der Waals surface area (Å²) in [6, 6.07) is 11.3. The molecule has 1 amide bonds. The minimum atomic E-state index is -0.115. The van der Waals surface area contributed by atoms with Crippen LogP contribution in [0.4, 0.5) is 5.13 Å². The smallest absolute Gasteiger partial charge is 0.263 e. The molecule has 1 heterocycles. The molecular formula is C23H30ClN3O3S. The monoisotopic (exact) mass is 463 g/mol. The highest BCUT2D eigenvalue weighted by Gasteiger charge is 2.25. The van der Waals surface area contributed by atoms with Crippen molar-refractivity contribution < 1.29 is 14.3 Å². The Kier molecular flexibility index (Phi) is 9.10. The summed E-state index contributed by atoms with van der Waals surface area (Å²) in [5, 5.41) is 0.667. The zero-order chi connectivity index (χ0) is 21.7. The van der Waals surface area contributed by atoms with Crippen molar-refractivity contribution in [2.75, 3.05) is 45.3 Å². The lowest BCUT2D eigenvalue weighted by atomic mass is 10.1. The fourth-order valence-corrected chi connectivity index (χ4v) is 4.49. The van der Waals surface area contributed by atoms with Crippen molar-refractivity contribution in [3.8, 4) is 11.5 Å². The Balaban J connectivity index is 0.00000341. The van der Waals surface area contributed by atoms with E-state index in [1.165, 1.54) is 11.3 Å². The Morgan fingerprint density at radius 1 is 1.00 bits per heavy atom. The Morgan fingerprint density at radius 3 is 2.32 bits per heavy atom. The number of aromatic nitrogens is 1. The second kappa shape index (κ2) is 11.3. The molecule has 0 radical (unpaired) electrons. The minimum absolute atomic E-state index is 0. The van der Waals surface area contributed by atoms with Gasteiger partial charge in [-0.2, -0.15) is 0 Å². The summed E-state index contributed by atoms with van der Waals surface area (Å²) in [5.74, 6) is 1.16. The maximum atomic E-state index is 13.6. The molecule has 0 atom stereocenters. The van der Waals surface area contributed by atoms with Gasteiger partial charge in [0, 0.05) is 13.1 Å².